The zero-order chi connectivity index (χ0) is 12.3. The lowest BCUT2D eigenvalue weighted by Gasteiger charge is -1.98. The maximum atomic E-state index is 11.8. The number of rotatable bonds is 4. The van der Waals surface area contributed by atoms with Crippen molar-refractivity contribution >= 4 is 16.9 Å². The van der Waals surface area contributed by atoms with Crippen molar-refractivity contribution in [3.63, 3.8) is 0 Å². The van der Waals surface area contributed by atoms with Crippen LogP contribution < -0.4 is 0 Å². The third-order valence-electron chi connectivity index (χ3n) is 2.56. The Morgan fingerprint density at radius 2 is 2.12 bits per heavy atom. The summed E-state index contributed by atoms with van der Waals surface area (Å²) in [7, 11) is 0. The molecule has 1 aromatic carbocycles. The molecule has 0 aliphatic carbocycles. The fourth-order valence-electron chi connectivity index (χ4n) is 1.86. The van der Waals surface area contributed by atoms with E-state index in [1.165, 1.54) is 0 Å². The second kappa shape index (κ2) is 4.99. The largest absolute Gasteiger partial charge is 0.461 e. The van der Waals surface area contributed by atoms with Crippen LogP contribution in [0, 0.1) is 0 Å². The second-order valence-electron chi connectivity index (χ2n) is 3.81. The second-order valence-corrected chi connectivity index (χ2v) is 3.81. The third-order valence-corrected chi connectivity index (χ3v) is 2.56. The molecule has 0 amide bonds. The van der Waals surface area contributed by atoms with Crippen molar-refractivity contribution in [3.8, 4) is 0 Å². The SMILES string of the molecule is CCCn1nc(C(=O)OCC)c2ccccc21. The van der Waals surface area contributed by atoms with Crippen molar-refractivity contribution in [1.82, 2.24) is 9.78 Å². The molecule has 4 heteroatoms. The van der Waals surface area contributed by atoms with Gasteiger partial charge >= 0.3 is 5.97 Å². The number of esters is 1. The molecule has 0 N–H and O–H groups in total. The summed E-state index contributed by atoms with van der Waals surface area (Å²) in [6, 6.07) is 7.73. The highest BCUT2D eigenvalue weighted by atomic mass is 16.5. The van der Waals surface area contributed by atoms with Gasteiger partial charge in [-0.15, -0.1) is 0 Å². The van der Waals surface area contributed by atoms with E-state index in [4.69, 9.17) is 4.74 Å². The van der Waals surface area contributed by atoms with Crippen molar-refractivity contribution in [2.24, 2.45) is 0 Å². The molecular formula is C13H16N2O2. The van der Waals surface area contributed by atoms with Gasteiger partial charge in [0, 0.05) is 11.9 Å². The van der Waals surface area contributed by atoms with Crippen molar-refractivity contribution in [2.45, 2.75) is 26.8 Å². The van der Waals surface area contributed by atoms with Crippen LogP contribution in [0.1, 0.15) is 30.8 Å². The number of benzene rings is 1. The Kier molecular flexibility index (Phi) is 3.42. The predicted octanol–water partition coefficient (Wildman–Crippen LogP) is 2.62. The van der Waals surface area contributed by atoms with Gasteiger partial charge in [0.2, 0.25) is 0 Å². The number of hydrogen-bond donors (Lipinski definition) is 0. The number of carbonyl (C=O) groups excluding carboxylic acids is 1. The first kappa shape index (κ1) is 11.6. The lowest BCUT2D eigenvalue weighted by atomic mass is 10.2. The van der Waals surface area contributed by atoms with E-state index in [1.54, 1.807) is 6.92 Å². The van der Waals surface area contributed by atoms with Crippen LogP contribution in [0.4, 0.5) is 0 Å². The van der Waals surface area contributed by atoms with Crippen LogP contribution in [0.3, 0.4) is 0 Å². The van der Waals surface area contributed by atoms with Crippen molar-refractivity contribution < 1.29 is 9.53 Å². The molecule has 0 aliphatic rings. The molecule has 0 radical (unpaired) electrons. The summed E-state index contributed by atoms with van der Waals surface area (Å²) >= 11 is 0. The zero-order valence-electron chi connectivity index (χ0n) is 10.1. The van der Waals surface area contributed by atoms with E-state index < -0.39 is 0 Å². The molecule has 2 aromatic rings. The van der Waals surface area contributed by atoms with E-state index in [0.29, 0.717) is 12.3 Å². The van der Waals surface area contributed by atoms with Crippen LogP contribution in [-0.4, -0.2) is 22.4 Å². The highest BCUT2D eigenvalue weighted by molar-refractivity contribution is 6.02. The van der Waals surface area contributed by atoms with E-state index in [0.717, 1.165) is 23.9 Å². The fraction of sp³-hybridized carbons (Fsp3) is 0.385. The standard InChI is InChI=1S/C13H16N2O2/c1-3-9-15-11-8-6-5-7-10(11)12(14-15)13(16)17-4-2/h5-8H,3-4,9H2,1-2H3. The number of fused-ring (bicyclic) bond motifs is 1. The van der Waals surface area contributed by atoms with Gasteiger partial charge in [0.1, 0.15) is 0 Å². The predicted molar refractivity (Wildman–Crippen MR) is 66.0 cm³/mol. The number of ether oxygens (including phenoxy) is 1. The molecule has 4 nitrogen and oxygen atoms in total. The highest BCUT2D eigenvalue weighted by Crippen LogP contribution is 2.19. The Hall–Kier alpha value is -1.84. The van der Waals surface area contributed by atoms with Gasteiger partial charge in [-0.25, -0.2) is 4.79 Å². The Morgan fingerprint density at radius 1 is 1.35 bits per heavy atom. The normalized spacial score (nSPS) is 10.7. The maximum Gasteiger partial charge on any atom is 0.359 e. The van der Waals surface area contributed by atoms with Crippen LogP contribution in [-0.2, 0) is 11.3 Å². The smallest absolute Gasteiger partial charge is 0.359 e. The number of aromatic nitrogens is 2. The molecule has 0 aliphatic heterocycles. The van der Waals surface area contributed by atoms with Crippen LogP contribution in [0.5, 0.6) is 0 Å². The molecule has 0 saturated heterocycles. The first-order chi connectivity index (χ1) is 8.27. The lowest BCUT2D eigenvalue weighted by Crippen LogP contribution is -2.07. The number of aryl methyl sites for hydroxylation is 1. The molecule has 90 valence electrons. The maximum absolute atomic E-state index is 11.8. The first-order valence-corrected chi connectivity index (χ1v) is 5.90. The summed E-state index contributed by atoms with van der Waals surface area (Å²) in [5.41, 5.74) is 1.40. The summed E-state index contributed by atoms with van der Waals surface area (Å²) < 4.78 is 6.88. The number of nitrogens with zero attached hydrogens (tertiary/aromatic N) is 2. The Labute approximate surface area is 100 Å². The monoisotopic (exact) mass is 232 g/mol. The average molecular weight is 232 g/mol. The van der Waals surface area contributed by atoms with E-state index >= 15 is 0 Å². The molecule has 2 rings (SSSR count). The van der Waals surface area contributed by atoms with Gasteiger partial charge in [-0.1, -0.05) is 25.1 Å². The Morgan fingerprint density at radius 3 is 2.82 bits per heavy atom. The lowest BCUT2D eigenvalue weighted by molar-refractivity contribution is 0.0520. The van der Waals surface area contributed by atoms with E-state index in [1.807, 2.05) is 28.9 Å². The van der Waals surface area contributed by atoms with Crippen LogP contribution in [0.2, 0.25) is 0 Å². The minimum atomic E-state index is -0.349. The summed E-state index contributed by atoms with van der Waals surface area (Å²) in [4.78, 5) is 11.8. The van der Waals surface area contributed by atoms with Crippen molar-refractivity contribution in [3.05, 3.63) is 30.0 Å². The first-order valence-electron chi connectivity index (χ1n) is 5.90. The summed E-state index contributed by atoms with van der Waals surface area (Å²) in [5, 5.41) is 5.20. The van der Waals surface area contributed by atoms with Crippen LogP contribution >= 0.6 is 0 Å². The molecule has 1 heterocycles. The molecule has 0 spiro atoms. The molecule has 0 bridgehead atoms. The van der Waals surface area contributed by atoms with E-state index in [9.17, 15) is 4.79 Å². The fourth-order valence-corrected chi connectivity index (χ4v) is 1.86. The van der Waals surface area contributed by atoms with Crippen molar-refractivity contribution in [1.29, 1.82) is 0 Å². The van der Waals surface area contributed by atoms with Gasteiger partial charge in [0.25, 0.3) is 0 Å². The summed E-state index contributed by atoms with van der Waals surface area (Å²) in [6.45, 7) is 5.05. The molecule has 1 aromatic heterocycles. The summed E-state index contributed by atoms with van der Waals surface area (Å²) in [5.74, 6) is -0.349. The van der Waals surface area contributed by atoms with Gasteiger partial charge in [0.15, 0.2) is 5.69 Å². The van der Waals surface area contributed by atoms with Gasteiger partial charge in [0.05, 0.1) is 12.1 Å². The van der Waals surface area contributed by atoms with Gasteiger partial charge in [-0.2, -0.15) is 5.10 Å². The molecule has 0 unspecified atom stereocenters. The van der Waals surface area contributed by atoms with Crippen molar-refractivity contribution in [2.75, 3.05) is 6.61 Å². The number of carbonyl (C=O) groups is 1. The Bertz CT molecular complexity index is 531. The van der Waals surface area contributed by atoms with E-state index in [-0.39, 0.29) is 5.97 Å². The quantitative estimate of drug-likeness (QED) is 0.761. The van der Waals surface area contributed by atoms with Crippen LogP contribution in [0.15, 0.2) is 24.3 Å². The molecule has 0 fully saturated rings. The highest BCUT2D eigenvalue weighted by Gasteiger charge is 2.17. The van der Waals surface area contributed by atoms with Gasteiger partial charge in [-0.05, 0) is 19.4 Å². The average Bonchev–Trinajstić information content (AvgIpc) is 2.70. The molecule has 0 saturated carbocycles. The minimum absolute atomic E-state index is 0.349. The van der Waals surface area contributed by atoms with E-state index in [2.05, 4.69) is 12.0 Å². The van der Waals surface area contributed by atoms with Gasteiger partial charge in [-0.3, -0.25) is 4.68 Å². The summed E-state index contributed by atoms with van der Waals surface area (Å²) in [6.07, 6.45) is 0.980. The third kappa shape index (κ3) is 2.16. The number of hydrogen-bond acceptors (Lipinski definition) is 3. The minimum Gasteiger partial charge on any atom is -0.461 e. The Balaban J connectivity index is 2.52. The van der Waals surface area contributed by atoms with Gasteiger partial charge < -0.3 is 4.74 Å². The topological polar surface area (TPSA) is 44.1 Å². The zero-order valence-corrected chi connectivity index (χ0v) is 10.1. The molecular weight excluding hydrogens is 216 g/mol. The molecule has 17 heavy (non-hydrogen) atoms. The number of para-hydroxylation sites is 1. The van der Waals surface area contributed by atoms with Crippen LogP contribution in [0.25, 0.3) is 10.9 Å². The molecule has 0 atom stereocenters.